The number of rotatable bonds is 9. The minimum Gasteiger partial charge on any atom is -0.497 e. The van der Waals surface area contributed by atoms with Gasteiger partial charge in [0.1, 0.15) is 11.5 Å². The normalized spacial score (nSPS) is 10.9. The number of nitrogens with two attached hydrogens (primary N) is 1. The highest BCUT2D eigenvalue weighted by Gasteiger charge is 2.14. The van der Waals surface area contributed by atoms with Crippen molar-refractivity contribution in [3.8, 4) is 11.5 Å². The monoisotopic (exact) mass is 495 g/mol. The van der Waals surface area contributed by atoms with Crippen molar-refractivity contribution in [2.24, 2.45) is 5.10 Å². The SMILES string of the molecule is COc1ccc(OC)c(NC(=O)CSc2nnc(N/N=C/c3ccc(Cl)cc3Cl)n2N)c1. The third-order valence-corrected chi connectivity index (χ3v) is 5.51. The van der Waals surface area contributed by atoms with Crippen LogP contribution in [0, 0.1) is 0 Å². The summed E-state index contributed by atoms with van der Waals surface area (Å²) in [6.45, 7) is 0. The predicted molar refractivity (Wildman–Crippen MR) is 127 cm³/mol. The van der Waals surface area contributed by atoms with Crippen molar-refractivity contribution in [3.05, 3.63) is 52.0 Å². The smallest absolute Gasteiger partial charge is 0.264 e. The molecule has 10 nitrogen and oxygen atoms in total. The molecule has 4 N–H and O–H groups in total. The third kappa shape index (κ3) is 5.96. The molecule has 0 aliphatic rings. The number of ether oxygens (including phenoxy) is 2. The van der Waals surface area contributed by atoms with Crippen LogP contribution >= 0.6 is 35.0 Å². The Kier molecular flexibility index (Phi) is 8.03. The molecule has 0 radical (unpaired) electrons. The molecule has 2 aromatic carbocycles. The molecule has 0 bridgehead atoms. The van der Waals surface area contributed by atoms with Crippen LogP contribution in [0.2, 0.25) is 10.0 Å². The summed E-state index contributed by atoms with van der Waals surface area (Å²) in [6.07, 6.45) is 1.50. The lowest BCUT2D eigenvalue weighted by Crippen LogP contribution is -2.17. The van der Waals surface area contributed by atoms with Crippen molar-refractivity contribution in [2.45, 2.75) is 5.16 Å². The van der Waals surface area contributed by atoms with Crippen molar-refractivity contribution in [2.75, 3.05) is 36.6 Å². The van der Waals surface area contributed by atoms with E-state index in [1.165, 1.54) is 25.1 Å². The maximum Gasteiger partial charge on any atom is 0.264 e. The standard InChI is InChI=1S/C19H19Cl2N7O3S/c1-30-13-5-6-16(31-2)15(8-13)24-17(29)10-32-19-27-26-18(28(19)22)25-23-9-11-3-4-12(20)7-14(11)21/h3-9H,10,22H2,1-2H3,(H,24,29)(H,25,26)/b23-9+. The minimum absolute atomic E-state index is 0.0410. The average molecular weight is 496 g/mol. The first kappa shape index (κ1) is 23.5. The Labute approximate surface area is 198 Å². The molecule has 1 heterocycles. The molecular weight excluding hydrogens is 477 g/mol. The van der Waals surface area contributed by atoms with Gasteiger partial charge in [0.15, 0.2) is 0 Å². The molecule has 32 heavy (non-hydrogen) atoms. The van der Waals surface area contributed by atoms with Gasteiger partial charge in [-0.25, -0.2) is 10.1 Å². The van der Waals surface area contributed by atoms with Crippen molar-refractivity contribution in [1.29, 1.82) is 0 Å². The van der Waals surface area contributed by atoms with Gasteiger partial charge in [-0.1, -0.05) is 41.0 Å². The Hall–Kier alpha value is -3.15. The van der Waals surface area contributed by atoms with Crippen molar-refractivity contribution in [1.82, 2.24) is 14.9 Å². The van der Waals surface area contributed by atoms with E-state index in [-0.39, 0.29) is 17.6 Å². The van der Waals surface area contributed by atoms with Crippen LogP contribution in [-0.2, 0) is 4.79 Å². The summed E-state index contributed by atoms with van der Waals surface area (Å²) < 4.78 is 11.6. The number of anilines is 2. The number of amides is 1. The van der Waals surface area contributed by atoms with E-state index >= 15 is 0 Å². The van der Waals surface area contributed by atoms with E-state index in [0.29, 0.717) is 38.0 Å². The fourth-order valence-corrected chi connectivity index (χ4v) is 3.56. The maximum atomic E-state index is 12.4. The lowest BCUT2D eigenvalue weighted by Gasteiger charge is -2.11. The van der Waals surface area contributed by atoms with Crippen LogP contribution in [0.4, 0.5) is 11.6 Å². The summed E-state index contributed by atoms with van der Waals surface area (Å²) in [5, 5.41) is 16.0. The van der Waals surface area contributed by atoms with Crippen LogP contribution in [0.25, 0.3) is 0 Å². The number of nitrogens with zero attached hydrogens (tertiary/aromatic N) is 4. The molecule has 13 heteroatoms. The summed E-state index contributed by atoms with van der Waals surface area (Å²) in [6, 6.07) is 10.1. The number of hydrogen-bond donors (Lipinski definition) is 3. The molecule has 0 saturated carbocycles. The third-order valence-electron chi connectivity index (χ3n) is 4.01. The molecule has 0 spiro atoms. The van der Waals surface area contributed by atoms with Crippen LogP contribution in [0.3, 0.4) is 0 Å². The Balaban J connectivity index is 1.58. The van der Waals surface area contributed by atoms with E-state index in [1.54, 1.807) is 36.4 Å². The summed E-state index contributed by atoms with van der Waals surface area (Å²) >= 11 is 13.1. The van der Waals surface area contributed by atoms with E-state index in [1.807, 2.05) is 0 Å². The second-order valence-corrected chi connectivity index (χ2v) is 7.90. The number of thioether (sulfide) groups is 1. The Morgan fingerprint density at radius 1 is 1.22 bits per heavy atom. The van der Waals surface area contributed by atoms with Gasteiger partial charge in [-0.3, -0.25) is 4.79 Å². The second kappa shape index (κ2) is 10.9. The van der Waals surface area contributed by atoms with E-state index < -0.39 is 0 Å². The molecule has 0 aliphatic heterocycles. The number of methoxy groups -OCH3 is 2. The van der Waals surface area contributed by atoms with Gasteiger partial charge in [0.2, 0.25) is 11.1 Å². The minimum atomic E-state index is -0.283. The number of carbonyl (C=O) groups excluding carboxylic acids is 1. The van der Waals surface area contributed by atoms with Gasteiger partial charge in [0.05, 0.1) is 36.9 Å². The van der Waals surface area contributed by atoms with Crippen LogP contribution in [0.5, 0.6) is 11.5 Å². The topological polar surface area (TPSA) is 129 Å². The zero-order chi connectivity index (χ0) is 23.1. The number of halogens is 2. The van der Waals surface area contributed by atoms with Gasteiger partial charge in [0.25, 0.3) is 5.95 Å². The molecule has 168 valence electrons. The first-order valence-corrected chi connectivity index (χ1v) is 10.7. The Morgan fingerprint density at radius 3 is 2.75 bits per heavy atom. The Bertz CT molecular complexity index is 1140. The molecule has 0 unspecified atom stereocenters. The largest absolute Gasteiger partial charge is 0.497 e. The van der Waals surface area contributed by atoms with E-state index in [4.69, 9.17) is 38.5 Å². The first-order chi connectivity index (χ1) is 15.4. The highest BCUT2D eigenvalue weighted by Crippen LogP contribution is 2.29. The number of hydrazone groups is 1. The van der Waals surface area contributed by atoms with Gasteiger partial charge in [-0.2, -0.15) is 5.10 Å². The number of carbonyl (C=O) groups is 1. The summed E-state index contributed by atoms with van der Waals surface area (Å²) in [5.41, 5.74) is 3.82. The van der Waals surface area contributed by atoms with Gasteiger partial charge in [-0.05, 0) is 24.3 Å². The lowest BCUT2D eigenvalue weighted by atomic mass is 10.2. The van der Waals surface area contributed by atoms with Gasteiger partial charge < -0.3 is 20.6 Å². The van der Waals surface area contributed by atoms with Crippen LogP contribution in [-0.4, -0.2) is 47.0 Å². The average Bonchev–Trinajstić information content (AvgIpc) is 3.13. The van der Waals surface area contributed by atoms with Gasteiger partial charge >= 0.3 is 0 Å². The molecule has 1 amide bonds. The van der Waals surface area contributed by atoms with Crippen molar-refractivity contribution >= 4 is 58.7 Å². The van der Waals surface area contributed by atoms with E-state index in [2.05, 4.69) is 26.0 Å². The number of nitrogen functional groups attached to an aromatic ring is 1. The van der Waals surface area contributed by atoms with Crippen LogP contribution in [0.15, 0.2) is 46.7 Å². The van der Waals surface area contributed by atoms with Gasteiger partial charge in [-0.15, -0.1) is 10.2 Å². The van der Waals surface area contributed by atoms with Crippen LogP contribution in [0.1, 0.15) is 5.56 Å². The molecule has 0 aliphatic carbocycles. The zero-order valence-electron chi connectivity index (χ0n) is 17.0. The molecular formula is C19H19Cl2N7O3S. The number of benzene rings is 2. The van der Waals surface area contributed by atoms with Crippen LogP contribution < -0.4 is 26.1 Å². The first-order valence-electron chi connectivity index (χ1n) is 9.00. The van der Waals surface area contributed by atoms with Gasteiger partial charge in [0, 0.05) is 16.7 Å². The maximum absolute atomic E-state index is 12.4. The molecule has 1 aromatic heterocycles. The zero-order valence-corrected chi connectivity index (χ0v) is 19.3. The van der Waals surface area contributed by atoms with Crippen molar-refractivity contribution < 1.29 is 14.3 Å². The van der Waals surface area contributed by atoms with Crippen molar-refractivity contribution in [3.63, 3.8) is 0 Å². The highest BCUT2D eigenvalue weighted by molar-refractivity contribution is 7.99. The molecule has 0 atom stereocenters. The predicted octanol–water partition coefficient (Wildman–Crippen LogP) is 3.49. The molecule has 3 rings (SSSR count). The summed E-state index contributed by atoms with van der Waals surface area (Å²) in [5.74, 6) is 7.02. The fourth-order valence-electron chi connectivity index (χ4n) is 2.45. The molecule has 0 fully saturated rings. The summed E-state index contributed by atoms with van der Waals surface area (Å²) in [4.78, 5) is 12.4. The fraction of sp³-hybridized carbons (Fsp3) is 0.158. The summed E-state index contributed by atoms with van der Waals surface area (Å²) in [7, 11) is 3.05. The number of hydrogen-bond acceptors (Lipinski definition) is 9. The molecule has 3 aromatic rings. The van der Waals surface area contributed by atoms with E-state index in [0.717, 1.165) is 11.8 Å². The Morgan fingerprint density at radius 2 is 2.03 bits per heavy atom. The number of aromatic nitrogens is 3. The quantitative estimate of drug-likeness (QED) is 0.178. The molecule has 0 saturated heterocycles. The number of nitrogens with one attached hydrogen (secondary N) is 2. The lowest BCUT2D eigenvalue weighted by molar-refractivity contribution is -0.113. The highest BCUT2D eigenvalue weighted by atomic mass is 35.5. The second-order valence-electron chi connectivity index (χ2n) is 6.12. The van der Waals surface area contributed by atoms with E-state index in [9.17, 15) is 4.79 Å².